The molecular weight excluding hydrogens is 174 g/mol. The zero-order valence-electron chi connectivity index (χ0n) is 9.83. The van der Waals surface area contributed by atoms with Gasteiger partial charge in [-0.2, -0.15) is 5.26 Å². The third kappa shape index (κ3) is 5.95. The fourth-order valence-corrected chi connectivity index (χ4v) is 1.40. The molecule has 0 amide bonds. The number of nitrogens with two attached hydrogens (primary N) is 1. The van der Waals surface area contributed by atoms with Gasteiger partial charge in [0.25, 0.3) is 0 Å². The third-order valence-electron chi connectivity index (χ3n) is 2.22. The molecule has 0 aromatic carbocycles. The van der Waals surface area contributed by atoms with Crippen molar-refractivity contribution < 1.29 is 0 Å². The fourth-order valence-electron chi connectivity index (χ4n) is 1.40. The lowest BCUT2D eigenvalue weighted by atomic mass is 10.1. The summed E-state index contributed by atoms with van der Waals surface area (Å²) in [6, 6.07) is 2.28. The summed E-state index contributed by atoms with van der Waals surface area (Å²) in [6.45, 7) is 10.8. The van der Waals surface area contributed by atoms with Crippen LogP contribution in [0, 0.1) is 17.2 Å². The Labute approximate surface area is 87.9 Å². The SMILES string of the molecule is CC(C)CN(CCC(N)C#N)C(C)C. The monoisotopic (exact) mass is 197 g/mol. The molecule has 1 atom stereocenters. The Morgan fingerprint density at radius 3 is 2.21 bits per heavy atom. The molecule has 0 fully saturated rings. The second-order valence-electron chi connectivity index (χ2n) is 4.51. The Hall–Kier alpha value is -0.590. The second-order valence-corrected chi connectivity index (χ2v) is 4.51. The molecular formula is C11H23N3. The summed E-state index contributed by atoms with van der Waals surface area (Å²) < 4.78 is 0. The molecule has 0 aliphatic carbocycles. The Morgan fingerprint density at radius 1 is 1.29 bits per heavy atom. The van der Waals surface area contributed by atoms with E-state index in [1.807, 2.05) is 0 Å². The quantitative estimate of drug-likeness (QED) is 0.703. The minimum absolute atomic E-state index is 0.316. The van der Waals surface area contributed by atoms with Crippen LogP contribution in [0.4, 0.5) is 0 Å². The maximum atomic E-state index is 8.57. The van der Waals surface area contributed by atoms with E-state index in [-0.39, 0.29) is 6.04 Å². The molecule has 0 heterocycles. The van der Waals surface area contributed by atoms with Crippen LogP contribution in [-0.2, 0) is 0 Å². The van der Waals surface area contributed by atoms with Gasteiger partial charge in [0.1, 0.15) is 0 Å². The van der Waals surface area contributed by atoms with Crippen LogP contribution < -0.4 is 5.73 Å². The summed E-state index contributed by atoms with van der Waals surface area (Å²) in [5.41, 5.74) is 5.56. The van der Waals surface area contributed by atoms with Gasteiger partial charge in [0.2, 0.25) is 0 Å². The highest BCUT2D eigenvalue weighted by atomic mass is 15.1. The summed E-state index contributed by atoms with van der Waals surface area (Å²) in [4.78, 5) is 2.38. The predicted octanol–water partition coefficient (Wildman–Crippen LogP) is 1.59. The average molecular weight is 197 g/mol. The smallest absolute Gasteiger partial charge is 0.0940 e. The Balaban J connectivity index is 3.92. The Kier molecular flexibility index (Phi) is 6.52. The molecule has 0 saturated heterocycles. The summed E-state index contributed by atoms with van der Waals surface area (Å²) >= 11 is 0. The van der Waals surface area contributed by atoms with Crippen molar-refractivity contribution in [3.05, 3.63) is 0 Å². The molecule has 0 aliphatic rings. The molecule has 1 unspecified atom stereocenters. The van der Waals surface area contributed by atoms with E-state index in [1.165, 1.54) is 0 Å². The molecule has 0 saturated carbocycles. The summed E-state index contributed by atoms with van der Waals surface area (Å²) in [5.74, 6) is 0.663. The molecule has 14 heavy (non-hydrogen) atoms. The van der Waals surface area contributed by atoms with Crippen molar-refractivity contribution in [1.29, 1.82) is 5.26 Å². The van der Waals surface area contributed by atoms with E-state index in [0.29, 0.717) is 12.0 Å². The van der Waals surface area contributed by atoms with Gasteiger partial charge >= 0.3 is 0 Å². The molecule has 0 bridgehead atoms. The Morgan fingerprint density at radius 2 is 1.86 bits per heavy atom. The third-order valence-corrected chi connectivity index (χ3v) is 2.22. The van der Waals surface area contributed by atoms with Crippen LogP contribution in [0.2, 0.25) is 0 Å². The van der Waals surface area contributed by atoms with Crippen LogP contribution in [-0.4, -0.2) is 30.1 Å². The maximum Gasteiger partial charge on any atom is 0.0940 e. The first-order chi connectivity index (χ1) is 6.47. The molecule has 0 radical (unpaired) electrons. The van der Waals surface area contributed by atoms with Gasteiger partial charge in [-0.1, -0.05) is 13.8 Å². The van der Waals surface area contributed by atoms with Crippen molar-refractivity contribution in [3.8, 4) is 6.07 Å². The molecule has 0 spiro atoms. The molecule has 0 aliphatic heterocycles. The van der Waals surface area contributed by atoms with Crippen molar-refractivity contribution in [2.45, 2.75) is 46.2 Å². The molecule has 82 valence electrons. The first-order valence-electron chi connectivity index (χ1n) is 5.36. The van der Waals surface area contributed by atoms with Crippen LogP contribution >= 0.6 is 0 Å². The lowest BCUT2D eigenvalue weighted by Crippen LogP contribution is -2.37. The van der Waals surface area contributed by atoms with Gasteiger partial charge in [-0.3, -0.25) is 0 Å². The van der Waals surface area contributed by atoms with Gasteiger partial charge in [-0.05, 0) is 26.2 Å². The van der Waals surface area contributed by atoms with Crippen molar-refractivity contribution >= 4 is 0 Å². The van der Waals surface area contributed by atoms with Crippen LogP contribution in [0.1, 0.15) is 34.1 Å². The van der Waals surface area contributed by atoms with E-state index in [1.54, 1.807) is 0 Å². The number of hydrogen-bond acceptors (Lipinski definition) is 3. The van der Waals surface area contributed by atoms with Crippen molar-refractivity contribution in [2.75, 3.05) is 13.1 Å². The van der Waals surface area contributed by atoms with Gasteiger partial charge < -0.3 is 10.6 Å². The second kappa shape index (κ2) is 6.80. The maximum absolute atomic E-state index is 8.57. The Bertz CT molecular complexity index is 181. The minimum Gasteiger partial charge on any atom is -0.316 e. The van der Waals surface area contributed by atoms with Crippen molar-refractivity contribution in [3.63, 3.8) is 0 Å². The molecule has 3 heteroatoms. The summed E-state index contributed by atoms with van der Waals surface area (Å²) in [5, 5.41) is 8.57. The highest BCUT2D eigenvalue weighted by molar-refractivity contribution is 4.87. The zero-order chi connectivity index (χ0) is 11.1. The van der Waals surface area contributed by atoms with Crippen LogP contribution in [0.25, 0.3) is 0 Å². The highest BCUT2D eigenvalue weighted by Crippen LogP contribution is 2.05. The van der Waals surface area contributed by atoms with E-state index >= 15 is 0 Å². The van der Waals surface area contributed by atoms with Gasteiger partial charge in [0.05, 0.1) is 12.1 Å². The van der Waals surface area contributed by atoms with Crippen LogP contribution in [0.3, 0.4) is 0 Å². The first-order valence-corrected chi connectivity index (χ1v) is 5.36. The average Bonchev–Trinajstić information content (AvgIpc) is 2.10. The molecule has 2 N–H and O–H groups in total. The number of nitrogens with zero attached hydrogens (tertiary/aromatic N) is 2. The van der Waals surface area contributed by atoms with E-state index in [0.717, 1.165) is 19.5 Å². The predicted molar refractivity (Wildman–Crippen MR) is 59.8 cm³/mol. The lowest BCUT2D eigenvalue weighted by molar-refractivity contribution is 0.194. The molecule has 0 aromatic rings. The number of rotatable bonds is 6. The number of hydrogen-bond donors (Lipinski definition) is 1. The van der Waals surface area contributed by atoms with Gasteiger partial charge in [0.15, 0.2) is 0 Å². The summed E-state index contributed by atoms with van der Waals surface area (Å²) in [6.07, 6.45) is 0.765. The van der Waals surface area contributed by atoms with E-state index in [2.05, 4.69) is 38.7 Å². The largest absolute Gasteiger partial charge is 0.316 e. The van der Waals surface area contributed by atoms with Crippen molar-refractivity contribution in [1.82, 2.24) is 4.90 Å². The van der Waals surface area contributed by atoms with Gasteiger partial charge in [0, 0.05) is 19.1 Å². The topological polar surface area (TPSA) is 53.0 Å². The zero-order valence-corrected chi connectivity index (χ0v) is 9.83. The number of nitriles is 1. The minimum atomic E-state index is -0.316. The van der Waals surface area contributed by atoms with Crippen LogP contribution in [0.5, 0.6) is 0 Å². The van der Waals surface area contributed by atoms with Crippen LogP contribution in [0.15, 0.2) is 0 Å². The van der Waals surface area contributed by atoms with E-state index < -0.39 is 0 Å². The molecule has 0 aromatic heterocycles. The molecule has 3 nitrogen and oxygen atoms in total. The van der Waals surface area contributed by atoms with Crippen molar-refractivity contribution in [2.24, 2.45) is 11.7 Å². The van der Waals surface area contributed by atoms with Gasteiger partial charge in [-0.15, -0.1) is 0 Å². The molecule has 0 rings (SSSR count). The van der Waals surface area contributed by atoms with E-state index in [9.17, 15) is 0 Å². The fraction of sp³-hybridized carbons (Fsp3) is 0.909. The highest BCUT2D eigenvalue weighted by Gasteiger charge is 2.12. The normalized spacial score (nSPS) is 13.6. The van der Waals surface area contributed by atoms with E-state index in [4.69, 9.17) is 11.0 Å². The van der Waals surface area contributed by atoms with Gasteiger partial charge in [-0.25, -0.2) is 0 Å². The standard InChI is InChI=1S/C11H23N3/c1-9(2)8-14(10(3)4)6-5-11(13)7-12/h9-11H,5-6,8,13H2,1-4H3. The lowest BCUT2D eigenvalue weighted by Gasteiger charge is -2.28. The first kappa shape index (κ1) is 13.4. The summed E-state index contributed by atoms with van der Waals surface area (Å²) in [7, 11) is 0.